The number of carbonyl (C=O) groups excluding carboxylic acids is 2. The molecule has 0 aliphatic carbocycles. The fourth-order valence-electron chi connectivity index (χ4n) is 3.84. The number of fused-ring (bicyclic) bond motifs is 1. The summed E-state index contributed by atoms with van der Waals surface area (Å²) in [6.45, 7) is 3.52. The van der Waals surface area contributed by atoms with Crippen LogP contribution in [-0.2, 0) is 20.8 Å². The lowest BCUT2D eigenvalue weighted by molar-refractivity contribution is -0.137. The number of nitrogens with zero attached hydrogens (tertiary/aromatic N) is 2. The highest BCUT2D eigenvalue weighted by Crippen LogP contribution is 2.37. The maximum atomic E-state index is 12.7. The predicted octanol–water partition coefficient (Wildman–Crippen LogP) is 4.38. The molecule has 34 heavy (non-hydrogen) atoms. The number of allylic oxidation sites excluding steroid dienone is 3. The van der Waals surface area contributed by atoms with Gasteiger partial charge in [0.15, 0.2) is 6.61 Å². The zero-order valence-corrected chi connectivity index (χ0v) is 20.1. The number of aromatic hydroxyl groups is 2. The third kappa shape index (κ3) is 7.00. The van der Waals surface area contributed by atoms with Gasteiger partial charge in [-0.2, -0.15) is 0 Å². The zero-order chi connectivity index (χ0) is 24.5. The summed E-state index contributed by atoms with van der Waals surface area (Å²) in [7, 11) is 0. The molecule has 184 valence electrons. The molecule has 1 aromatic carbocycles. The molecule has 2 aliphatic heterocycles. The average molecular weight is 491 g/mol. The van der Waals surface area contributed by atoms with E-state index in [4.69, 9.17) is 21.2 Å². The van der Waals surface area contributed by atoms with E-state index in [2.05, 4.69) is 12.1 Å². The van der Waals surface area contributed by atoms with Crippen LogP contribution in [0.5, 0.6) is 11.5 Å². The normalized spacial score (nSPS) is 19.4. The minimum atomic E-state index is -0.751. The van der Waals surface area contributed by atoms with Crippen molar-refractivity contribution in [3.63, 3.8) is 0 Å². The lowest BCUT2D eigenvalue weighted by Crippen LogP contribution is -2.39. The van der Waals surface area contributed by atoms with Gasteiger partial charge >= 0.3 is 5.97 Å². The SMILES string of the molecule is CC1CCN(C(=O)CON=C2C=CCCC=CCCOC(=O)c3c(O)cc(O)c(Cl)c3C2)CC1. The summed E-state index contributed by atoms with van der Waals surface area (Å²) < 4.78 is 5.28. The molecular weight excluding hydrogens is 460 g/mol. The van der Waals surface area contributed by atoms with E-state index in [0.717, 1.165) is 31.7 Å². The first kappa shape index (κ1) is 25.6. The maximum absolute atomic E-state index is 12.7. The number of carbonyl (C=O) groups is 2. The molecule has 2 aliphatic rings. The lowest BCUT2D eigenvalue weighted by Gasteiger charge is -2.29. The number of esters is 1. The molecule has 1 aromatic rings. The third-order valence-corrected chi connectivity index (χ3v) is 6.31. The number of cyclic esters (lactones) is 1. The van der Waals surface area contributed by atoms with Crippen molar-refractivity contribution >= 4 is 29.2 Å². The summed E-state index contributed by atoms with van der Waals surface area (Å²) >= 11 is 6.30. The van der Waals surface area contributed by atoms with Gasteiger partial charge in [-0.1, -0.05) is 41.9 Å². The number of benzene rings is 1. The van der Waals surface area contributed by atoms with E-state index in [0.29, 0.717) is 31.1 Å². The minimum Gasteiger partial charge on any atom is -0.507 e. The number of phenolic OH excluding ortho intramolecular Hbond substituents is 2. The molecule has 0 saturated carbocycles. The highest BCUT2D eigenvalue weighted by molar-refractivity contribution is 6.33. The maximum Gasteiger partial charge on any atom is 0.342 e. The number of likely N-dealkylation sites (tertiary alicyclic amines) is 1. The van der Waals surface area contributed by atoms with Crippen molar-refractivity contribution in [2.75, 3.05) is 26.3 Å². The van der Waals surface area contributed by atoms with Crippen LogP contribution in [0.2, 0.25) is 5.02 Å². The number of hydrogen-bond acceptors (Lipinski definition) is 7. The van der Waals surface area contributed by atoms with Crippen molar-refractivity contribution in [3.05, 3.63) is 46.5 Å². The van der Waals surface area contributed by atoms with E-state index >= 15 is 0 Å². The molecule has 0 unspecified atom stereocenters. The number of piperidine rings is 1. The Morgan fingerprint density at radius 1 is 1.18 bits per heavy atom. The Bertz CT molecular complexity index is 980. The first-order valence-electron chi connectivity index (χ1n) is 11.6. The standard InChI is InChI=1S/C25H31ClN2O6/c1-17-9-11-28(12-10-17)22(31)16-34-27-18-8-6-4-2-3-5-7-13-33-25(32)23-19(14-18)24(26)21(30)15-20(23)29/h3,5-6,8,15,17,29-30H,2,4,7,9-14,16H2,1H3. The van der Waals surface area contributed by atoms with Gasteiger partial charge in [-0.15, -0.1) is 0 Å². The molecule has 0 radical (unpaired) electrons. The van der Waals surface area contributed by atoms with Gasteiger partial charge in [-0.3, -0.25) is 4.79 Å². The van der Waals surface area contributed by atoms with Gasteiger partial charge in [0.25, 0.3) is 5.91 Å². The van der Waals surface area contributed by atoms with Crippen LogP contribution in [0.3, 0.4) is 0 Å². The van der Waals surface area contributed by atoms with Gasteiger partial charge in [0.1, 0.15) is 17.1 Å². The van der Waals surface area contributed by atoms with E-state index in [9.17, 15) is 19.8 Å². The molecular formula is C25H31ClN2O6. The fraction of sp³-hybridized carbons (Fsp3) is 0.480. The molecule has 3 rings (SSSR count). The molecule has 0 spiro atoms. The Kier molecular flexibility index (Phi) is 9.39. The second-order valence-corrected chi connectivity index (χ2v) is 8.93. The summed E-state index contributed by atoms with van der Waals surface area (Å²) in [6, 6.07) is 1.01. The van der Waals surface area contributed by atoms with Gasteiger partial charge in [-0.25, -0.2) is 4.79 Å². The summed E-state index contributed by atoms with van der Waals surface area (Å²) in [5.41, 5.74) is 0.408. The van der Waals surface area contributed by atoms with Crippen LogP contribution < -0.4 is 0 Å². The zero-order valence-electron chi connectivity index (χ0n) is 19.3. The smallest absolute Gasteiger partial charge is 0.342 e. The van der Waals surface area contributed by atoms with E-state index < -0.39 is 11.7 Å². The van der Waals surface area contributed by atoms with Gasteiger partial charge in [0.05, 0.1) is 17.3 Å². The van der Waals surface area contributed by atoms with Crippen LogP contribution in [0.15, 0.2) is 35.5 Å². The second-order valence-electron chi connectivity index (χ2n) is 8.55. The van der Waals surface area contributed by atoms with Crippen molar-refractivity contribution in [1.82, 2.24) is 4.90 Å². The van der Waals surface area contributed by atoms with Crippen LogP contribution >= 0.6 is 11.6 Å². The van der Waals surface area contributed by atoms with E-state index in [-0.39, 0.29) is 47.4 Å². The van der Waals surface area contributed by atoms with Crippen molar-refractivity contribution in [2.24, 2.45) is 11.1 Å². The Morgan fingerprint density at radius 2 is 1.88 bits per heavy atom. The summed E-state index contributed by atoms with van der Waals surface area (Å²) in [4.78, 5) is 32.3. The van der Waals surface area contributed by atoms with Crippen molar-refractivity contribution in [3.8, 4) is 11.5 Å². The van der Waals surface area contributed by atoms with E-state index in [1.54, 1.807) is 11.0 Å². The molecule has 9 heteroatoms. The predicted molar refractivity (Wildman–Crippen MR) is 129 cm³/mol. The second kappa shape index (κ2) is 12.5. The largest absolute Gasteiger partial charge is 0.507 e. The summed E-state index contributed by atoms with van der Waals surface area (Å²) in [6.07, 6.45) is 11.5. The molecule has 2 heterocycles. The Balaban J connectivity index is 1.83. The van der Waals surface area contributed by atoms with Gasteiger partial charge < -0.3 is 24.7 Å². The molecule has 0 aromatic heterocycles. The van der Waals surface area contributed by atoms with Crippen LogP contribution in [0, 0.1) is 5.92 Å². The van der Waals surface area contributed by atoms with Gasteiger partial charge in [0, 0.05) is 25.6 Å². The molecule has 2 N–H and O–H groups in total. The quantitative estimate of drug-likeness (QED) is 0.370. The lowest BCUT2D eigenvalue weighted by atomic mass is 9.99. The van der Waals surface area contributed by atoms with Gasteiger partial charge in [0.2, 0.25) is 0 Å². The molecule has 0 bridgehead atoms. The van der Waals surface area contributed by atoms with Crippen LogP contribution in [0.1, 0.15) is 54.9 Å². The number of oxime groups is 1. The highest BCUT2D eigenvalue weighted by Gasteiger charge is 2.25. The van der Waals surface area contributed by atoms with E-state index in [1.165, 1.54) is 0 Å². The molecule has 0 atom stereocenters. The minimum absolute atomic E-state index is 0.0208. The number of rotatable bonds is 3. The van der Waals surface area contributed by atoms with Crippen molar-refractivity contribution in [2.45, 2.75) is 45.4 Å². The molecule has 1 amide bonds. The Labute approximate surface area is 204 Å². The van der Waals surface area contributed by atoms with Crippen molar-refractivity contribution in [1.29, 1.82) is 0 Å². The number of amides is 1. The third-order valence-electron chi connectivity index (χ3n) is 5.88. The topological polar surface area (TPSA) is 109 Å². The van der Waals surface area contributed by atoms with Crippen LogP contribution in [0.25, 0.3) is 0 Å². The highest BCUT2D eigenvalue weighted by atomic mass is 35.5. The first-order chi connectivity index (χ1) is 16.4. The number of ether oxygens (including phenoxy) is 1. The number of halogens is 1. The number of hydrogen-bond donors (Lipinski definition) is 2. The Morgan fingerprint density at radius 3 is 2.65 bits per heavy atom. The molecule has 1 fully saturated rings. The first-order valence-corrected chi connectivity index (χ1v) is 11.9. The summed E-state index contributed by atoms with van der Waals surface area (Å²) in [5.74, 6) is -1.08. The average Bonchev–Trinajstić information content (AvgIpc) is 2.80. The fourth-order valence-corrected chi connectivity index (χ4v) is 4.06. The number of phenols is 2. The van der Waals surface area contributed by atoms with Gasteiger partial charge in [-0.05, 0) is 49.7 Å². The van der Waals surface area contributed by atoms with E-state index in [1.807, 2.05) is 18.2 Å². The Hall–Kier alpha value is -3.00. The monoisotopic (exact) mass is 490 g/mol. The van der Waals surface area contributed by atoms with Crippen LogP contribution in [-0.4, -0.2) is 59.0 Å². The summed E-state index contributed by atoms with van der Waals surface area (Å²) in [5, 5.41) is 24.5. The van der Waals surface area contributed by atoms with Crippen LogP contribution in [0.4, 0.5) is 0 Å². The van der Waals surface area contributed by atoms with Crippen molar-refractivity contribution < 1.29 is 29.4 Å². The molecule has 8 nitrogen and oxygen atoms in total. The molecule has 1 saturated heterocycles.